The first-order valence-electron chi connectivity index (χ1n) is 8.61. The number of rotatable bonds is 5. The van der Waals surface area contributed by atoms with Crippen LogP contribution in [0.4, 0.5) is 36.4 Å². The van der Waals surface area contributed by atoms with Gasteiger partial charge in [0, 0.05) is 10.6 Å². The van der Waals surface area contributed by atoms with Gasteiger partial charge in [0.25, 0.3) is 5.91 Å². The minimum atomic E-state index is -5.68. The molecule has 0 unspecified atom stereocenters. The first-order chi connectivity index (χ1) is 14.9. The molecular formula is C20H11ClF7NO2S. The SMILES string of the molecule is Cc1cc(OCc2csc(C(=O)Nc3c(F)c(F)c(C(F)(F)F)c(F)c3F)c2)ccc1Cl. The molecule has 3 nitrogen and oxygen atoms in total. The van der Waals surface area contributed by atoms with Crippen LogP contribution in [0.3, 0.4) is 0 Å². The van der Waals surface area contributed by atoms with Crippen LogP contribution in [-0.2, 0) is 12.8 Å². The summed E-state index contributed by atoms with van der Waals surface area (Å²) in [6.45, 7) is 1.78. The molecule has 0 aliphatic heterocycles. The summed E-state index contributed by atoms with van der Waals surface area (Å²) in [6, 6.07) is 6.22. The highest BCUT2D eigenvalue weighted by Crippen LogP contribution is 2.38. The summed E-state index contributed by atoms with van der Waals surface area (Å²) in [6.07, 6.45) is -5.68. The van der Waals surface area contributed by atoms with Crippen molar-refractivity contribution in [1.29, 1.82) is 0 Å². The Balaban J connectivity index is 1.77. The Hall–Kier alpha value is -2.79. The maximum absolute atomic E-state index is 14.0. The molecule has 0 bridgehead atoms. The van der Waals surface area contributed by atoms with Crippen molar-refractivity contribution in [2.75, 3.05) is 5.32 Å². The molecule has 0 atom stereocenters. The summed E-state index contributed by atoms with van der Waals surface area (Å²) >= 11 is 6.74. The van der Waals surface area contributed by atoms with E-state index in [4.69, 9.17) is 16.3 Å². The number of hydrogen-bond acceptors (Lipinski definition) is 3. The third-order valence-electron chi connectivity index (χ3n) is 4.20. The third-order valence-corrected chi connectivity index (χ3v) is 5.60. The van der Waals surface area contributed by atoms with Crippen molar-refractivity contribution >= 4 is 34.5 Å². The summed E-state index contributed by atoms with van der Waals surface area (Å²) in [4.78, 5) is 12.1. The Bertz CT molecular complexity index is 1160. The zero-order valence-electron chi connectivity index (χ0n) is 15.8. The maximum atomic E-state index is 14.0. The van der Waals surface area contributed by atoms with E-state index in [1.807, 2.05) is 0 Å². The third kappa shape index (κ3) is 4.83. The maximum Gasteiger partial charge on any atom is 0.422 e. The second-order valence-electron chi connectivity index (χ2n) is 6.48. The van der Waals surface area contributed by atoms with Crippen LogP contribution >= 0.6 is 22.9 Å². The van der Waals surface area contributed by atoms with Gasteiger partial charge in [-0.25, -0.2) is 17.6 Å². The molecule has 1 N–H and O–H groups in total. The minimum absolute atomic E-state index is 0.0110. The van der Waals surface area contributed by atoms with Gasteiger partial charge >= 0.3 is 6.18 Å². The van der Waals surface area contributed by atoms with Crippen molar-refractivity contribution in [3.8, 4) is 5.75 Å². The molecule has 0 spiro atoms. The van der Waals surface area contributed by atoms with Crippen molar-refractivity contribution in [1.82, 2.24) is 0 Å². The van der Waals surface area contributed by atoms with Gasteiger partial charge in [0.1, 0.15) is 23.6 Å². The van der Waals surface area contributed by atoms with Gasteiger partial charge in [-0.15, -0.1) is 11.3 Å². The normalized spacial score (nSPS) is 11.5. The monoisotopic (exact) mass is 497 g/mol. The minimum Gasteiger partial charge on any atom is -0.489 e. The Morgan fingerprint density at radius 3 is 2.25 bits per heavy atom. The molecule has 32 heavy (non-hydrogen) atoms. The molecule has 0 radical (unpaired) electrons. The average molecular weight is 498 g/mol. The number of carbonyl (C=O) groups is 1. The molecule has 0 saturated carbocycles. The van der Waals surface area contributed by atoms with Crippen molar-refractivity contribution in [2.24, 2.45) is 0 Å². The number of benzene rings is 2. The molecule has 0 aliphatic carbocycles. The largest absolute Gasteiger partial charge is 0.489 e. The van der Waals surface area contributed by atoms with E-state index < -0.39 is 46.6 Å². The highest BCUT2D eigenvalue weighted by molar-refractivity contribution is 7.12. The van der Waals surface area contributed by atoms with Crippen LogP contribution in [0, 0.1) is 30.2 Å². The number of alkyl halides is 3. The van der Waals surface area contributed by atoms with E-state index in [9.17, 15) is 35.5 Å². The van der Waals surface area contributed by atoms with Gasteiger partial charge < -0.3 is 10.1 Å². The number of aryl methyl sites for hydroxylation is 1. The first kappa shape index (κ1) is 23.9. The van der Waals surface area contributed by atoms with Crippen LogP contribution in [0.25, 0.3) is 0 Å². The summed E-state index contributed by atoms with van der Waals surface area (Å²) < 4.78 is 98.8. The molecule has 0 fully saturated rings. The molecule has 170 valence electrons. The molecule has 1 heterocycles. The van der Waals surface area contributed by atoms with Crippen molar-refractivity contribution in [2.45, 2.75) is 19.7 Å². The number of nitrogens with one attached hydrogen (secondary N) is 1. The molecule has 3 aromatic rings. The summed E-state index contributed by atoms with van der Waals surface area (Å²) in [5.74, 6) is -10.8. The standard InChI is InChI=1S/C20H11ClF7NO2S/c1-8-4-10(2-3-11(8)21)31-6-9-5-12(32-7-9)19(30)29-18-16(24)14(22)13(20(26,27)28)15(23)17(18)25/h2-5,7H,6H2,1H3,(H,29,30). The zero-order chi connectivity index (χ0) is 23.8. The first-order valence-corrected chi connectivity index (χ1v) is 9.86. The van der Waals surface area contributed by atoms with Crippen LogP contribution in [-0.4, -0.2) is 5.91 Å². The second-order valence-corrected chi connectivity index (χ2v) is 7.80. The zero-order valence-corrected chi connectivity index (χ0v) is 17.4. The van der Waals surface area contributed by atoms with Gasteiger partial charge in [0.15, 0.2) is 23.3 Å². The lowest BCUT2D eigenvalue weighted by molar-refractivity contribution is -0.143. The lowest BCUT2D eigenvalue weighted by Gasteiger charge is -2.14. The number of amides is 1. The predicted octanol–water partition coefficient (Wildman–Crippen LogP) is 7.12. The van der Waals surface area contributed by atoms with Crippen LogP contribution in [0.2, 0.25) is 5.02 Å². The van der Waals surface area contributed by atoms with E-state index in [2.05, 4.69) is 0 Å². The smallest absolute Gasteiger partial charge is 0.422 e. The Labute approximate surface area is 185 Å². The predicted molar refractivity (Wildman–Crippen MR) is 104 cm³/mol. The topological polar surface area (TPSA) is 38.3 Å². The van der Waals surface area contributed by atoms with E-state index in [1.54, 1.807) is 30.4 Å². The Morgan fingerprint density at radius 2 is 1.69 bits per heavy atom. The van der Waals surface area contributed by atoms with Crippen molar-refractivity contribution in [3.63, 3.8) is 0 Å². The lowest BCUT2D eigenvalue weighted by atomic mass is 10.1. The average Bonchev–Trinajstić information content (AvgIpc) is 3.19. The number of ether oxygens (including phenoxy) is 1. The summed E-state index contributed by atoms with van der Waals surface area (Å²) in [5, 5.41) is 3.60. The Kier molecular flexibility index (Phi) is 6.70. The van der Waals surface area contributed by atoms with Crippen molar-refractivity contribution < 1.29 is 40.3 Å². The highest BCUT2D eigenvalue weighted by atomic mass is 35.5. The second kappa shape index (κ2) is 8.99. The van der Waals surface area contributed by atoms with Crippen molar-refractivity contribution in [3.05, 3.63) is 79.5 Å². The number of halogens is 8. The molecule has 3 rings (SSSR count). The fourth-order valence-corrected chi connectivity index (χ4v) is 3.52. The van der Waals surface area contributed by atoms with Crippen LogP contribution in [0.5, 0.6) is 5.75 Å². The Morgan fingerprint density at radius 1 is 1.06 bits per heavy atom. The highest BCUT2D eigenvalue weighted by Gasteiger charge is 2.42. The molecule has 2 aromatic carbocycles. The van der Waals surface area contributed by atoms with Crippen LogP contribution < -0.4 is 10.1 Å². The van der Waals surface area contributed by atoms with E-state index in [0.717, 1.165) is 16.9 Å². The van der Waals surface area contributed by atoms with E-state index in [1.165, 1.54) is 11.4 Å². The van der Waals surface area contributed by atoms with Crippen LogP contribution in [0.1, 0.15) is 26.4 Å². The van der Waals surface area contributed by atoms with Gasteiger partial charge in [0.2, 0.25) is 0 Å². The fourth-order valence-electron chi connectivity index (χ4n) is 2.61. The number of hydrogen-bond donors (Lipinski definition) is 1. The van der Waals surface area contributed by atoms with Gasteiger partial charge in [-0.05, 0) is 42.1 Å². The molecule has 12 heteroatoms. The van der Waals surface area contributed by atoms with Crippen LogP contribution in [0.15, 0.2) is 29.6 Å². The van der Waals surface area contributed by atoms with E-state index >= 15 is 0 Å². The van der Waals surface area contributed by atoms with Gasteiger partial charge in [-0.1, -0.05) is 11.6 Å². The lowest BCUT2D eigenvalue weighted by Crippen LogP contribution is -2.19. The number of thiophene rings is 1. The molecule has 1 aromatic heterocycles. The quantitative estimate of drug-likeness (QED) is 0.301. The van der Waals surface area contributed by atoms with E-state index in [-0.39, 0.29) is 11.5 Å². The van der Waals surface area contributed by atoms with Gasteiger partial charge in [-0.2, -0.15) is 13.2 Å². The molecule has 0 aliphatic rings. The summed E-state index contributed by atoms with van der Waals surface area (Å²) in [5.41, 5.74) is -3.13. The fraction of sp³-hybridized carbons (Fsp3) is 0.150. The van der Waals surface area contributed by atoms with Gasteiger partial charge in [-0.3, -0.25) is 4.79 Å². The molecular weight excluding hydrogens is 487 g/mol. The van der Waals surface area contributed by atoms with E-state index in [0.29, 0.717) is 16.3 Å². The number of carbonyl (C=O) groups excluding carboxylic acids is 1. The molecule has 1 amide bonds. The molecule has 0 saturated heterocycles. The summed E-state index contributed by atoms with van der Waals surface area (Å²) in [7, 11) is 0. The number of anilines is 1. The van der Waals surface area contributed by atoms with Gasteiger partial charge in [0.05, 0.1) is 4.88 Å².